The molecule has 0 radical (unpaired) electrons. The Morgan fingerprint density at radius 2 is 2.11 bits per heavy atom. The number of rotatable bonds is 7. The Balaban J connectivity index is 2.27. The summed E-state index contributed by atoms with van der Waals surface area (Å²) in [6, 6.07) is 3.67. The molecule has 1 rings (SSSR count). The quantitative estimate of drug-likeness (QED) is 0.798. The Hall–Kier alpha value is -1.36. The smallest absolute Gasteiger partial charge is 0.306 e. The number of halogens is 1. The van der Waals surface area contributed by atoms with Gasteiger partial charge < -0.3 is 10.4 Å². The molecular weight excluding hydrogens is 254 g/mol. The van der Waals surface area contributed by atoms with Crippen LogP contribution < -0.4 is 5.32 Å². The van der Waals surface area contributed by atoms with Crippen molar-refractivity contribution in [1.82, 2.24) is 10.2 Å². The Bertz CT molecular complexity index is 383. The fourth-order valence-corrected chi connectivity index (χ4v) is 1.67. The number of aromatic nitrogens is 2. The van der Waals surface area contributed by atoms with Gasteiger partial charge in [-0.2, -0.15) is 0 Å². The van der Waals surface area contributed by atoms with Crippen LogP contribution in [0.4, 0.5) is 5.82 Å². The first-order valence-electron chi connectivity index (χ1n) is 5.97. The molecule has 2 N–H and O–H groups in total. The lowest BCUT2D eigenvalue weighted by Crippen LogP contribution is -2.17. The van der Waals surface area contributed by atoms with Gasteiger partial charge in [0.1, 0.15) is 5.82 Å². The van der Waals surface area contributed by atoms with Crippen molar-refractivity contribution in [3.05, 3.63) is 17.3 Å². The molecule has 18 heavy (non-hydrogen) atoms. The van der Waals surface area contributed by atoms with Crippen LogP contribution in [0.3, 0.4) is 0 Å². The second-order valence-electron chi connectivity index (χ2n) is 4.46. The van der Waals surface area contributed by atoms with Gasteiger partial charge in [-0.3, -0.25) is 4.79 Å². The van der Waals surface area contributed by atoms with E-state index in [9.17, 15) is 4.79 Å². The zero-order valence-corrected chi connectivity index (χ0v) is 11.3. The van der Waals surface area contributed by atoms with Gasteiger partial charge in [-0.1, -0.05) is 24.9 Å². The van der Waals surface area contributed by atoms with Crippen molar-refractivity contribution in [2.75, 3.05) is 5.32 Å². The predicted octanol–water partition coefficient (Wildman–Crippen LogP) is 2.82. The minimum Gasteiger partial charge on any atom is -0.481 e. The number of carboxylic acids is 1. The molecular formula is C12H18ClN3O2. The molecule has 1 aromatic heterocycles. The summed E-state index contributed by atoms with van der Waals surface area (Å²) in [5, 5.41) is 20.0. The number of anilines is 1. The van der Waals surface area contributed by atoms with Crippen molar-refractivity contribution < 1.29 is 9.90 Å². The summed E-state index contributed by atoms with van der Waals surface area (Å²) in [4.78, 5) is 10.7. The number of carboxylic acid groups (broad SMARTS) is 1. The molecule has 0 aliphatic rings. The fraction of sp³-hybridized carbons (Fsp3) is 0.583. The number of hydrogen-bond donors (Lipinski definition) is 2. The first-order chi connectivity index (χ1) is 8.49. The van der Waals surface area contributed by atoms with Gasteiger partial charge in [0.2, 0.25) is 0 Å². The van der Waals surface area contributed by atoms with Crippen molar-refractivity contribution in [2.45, 2.75) is 39.2 Å². The van der Waals surface area contributed by atoms with E-state index in [1.807, 2.05) is 6.92 Å². The van der Waals surface area contributed by atoms with E-state index in [0.29, 0.717) is 17.4 Å². The monoisotopic (exact) mass is 271 g/mol. The maximum atomic E-state index is 10.7. The lowest BCUT2D eigenvalue weighted by molar-refractivity contribution is -0.141. The topological polar surface area (TPSA) is 75.1 Å². The van der Waals surface area contributed by atoms with Gasteiger partial charge >= 0.3 is 5.97 Å². The highest BCUT2D eigenvalue weighted by atomic mass is 35.5. The minimum absolute atomic E-state index is 0.224. The molecule has 2 atom stereocenters. The average molecular weight is 272 g/mol. The maximum Gasteiger partial charge on any atom is 0.306 e. The Kier molecular flexibility index (Phi) is 5.85. The summed E-state index contributed by atoms with van der Waals surface area (Å²) in [6.45, 7) is 3.76. The van der Waals surface area contributed by atoms with Crippen molar-refractivity contribution in [1.29, 1.82) is 0 Å². The lowest BCUT2D eigenvalue weighted by Gasteiger charge is -2.14. The minimum atomic E-state index is -0.737. The van der Waals surface area contributed by atoms with E-state index < -0.39 is 5.97 Å². The number of hydrogen-bond acceptors (Lipinski definition) is 4. The summed E-state index contributed by atoms with van der Waals surface area (Å²) < 4.78 is 0. The number of nitrogens with one attached hydrogen (secondary N) is 1. The van der Waals surface area contributed by atoms with Crippen molar-refractivity contribution in [2.24, 2.45) is 5.92 Å². The third-order valence-electron chi connectivity index (χ3n) is 2.72. The molecule has 0 aliphatic carbocycles. The normalized spacial score (nSPS) is 13.9. The van der Waals surface area contributed by atoms with E-state index >= 15 is 0 Å². The van der Waals surface area contributed by atoms with E-state index in [4.69, 9.17) is 16.7 Å². The third-order valence-corrected chi connectivity index (χ3v) is 2.92. The molecule has 0 aliphatic heterocycles. The Morgan fingerprint density at radius 1 is 1.39 bits per heavy atom. The van der Waals surface area contributed by atoms with Crippen LogP contribution in [0.15, 0.2) is 12.1 Å². The zero-order chi connectivity index (χ0) is 13.5. The third kappa shape index (κ3) is 5.31. The fourth-order valence-electron chi connectivity index (χ4n) is 1.57. The van der Waals surface area contributed by atoms with Crippen molar-refractivity contribution in [3.63, 3.8) is 0 Å². The molecule has 0 saturated heterocycles. The van der Waals surface area contributed by atoms with Crippen LogP contribution in [0.1, 0.15) is 33.1 Å². The maximum absolute atomic E-state index is 10.7. The molecule has 6 heteroatoms. The Morgan fingerprint density at radius 3 is 2.67 bits per heavy atom. The zero-order valence-electron chi connectivity index (χ0n) is 10.6. The molecule has 1 aromatic rings. The van der Waals surface area contributed by atoms with Crippen LogP contribution in [0.2, 0.25) is 5.15 Å². The molecule has 0 amide bonds. The SMILES string of the molecule is CC(CCCC(C)C(=O)O)Nc1ccc(Cl)nn1. The molecule has 0 spiro atoms. The second kappa shape index (κ2) is 7.16. The van der Waals surface area contributed by atoms with Gasteiger partial charge in [-0.05, 0) is 31.9 Å². The molecule has 2 unspecified atom stereocenters. The van der Waals surface area contributed by atoms with Crippen LogP contribution in [0.25, 0.3) is 0 Å². The van der Waals surface area contributed by atoms with Crippen molar-refractivity contribution in [3.8, 4) is 0 Å². The molecule has 100 valence electrons. The van der Waals surface area contributed by atoms with Crippen LogP contribution >= 0.6 is 11.6 Å². The number of aliphatic carboxylic acids is 1. The summed E-state index contributed by atoms with van der Waals surface area (Å²) in [5.74, 6) is -0.343. The second-order valence-corrected chi connectivity index (χ2v) is 4.84. The predicted molar refractivity (Wildman–Crippen MR) is 70.8 cm³/mol. The first-order valence-corrected chi connectivity index (χ1v) is 6.35. The summed E-state index contributed by atoms with van der Waals surface area (Å²) in [6.07, 6.45) is 2.44. The molecule has 0 fully saturated rings. The highest BCUT2D eigenvalue weighted by Crippen LogP contribution is 2.13. The average Bonchev–Trinajstić information content (AvgIpc) is 2.32. The molecule has 5 nitrogen and oxygen atoms in total. The largest absolute Gasteiger partial charge is 0.481 e. The van der Waals surface area contributed by atoms with Gasteiger partial charge in [-0.15, -0.1) is 10.2 Å². The van der Waals surface area contributed by atoms with Crippen LogP contribution in [0.5, 0.6) is 0 Å². The van der Waals surface area contributed by atoms with Gasteiger partial charge in [0.25, 0.3) is 0 Å². The van der Waals surface area contributed by atoms with Crippen LogP contribution in [-0.4, -0.2) is 27.3 Å². The summed E-state index contributed by atoms with van der Waals surface area (Å²) in [7, 11) is 0. The van der Waals surface area contributed by atoms with Gasteiger partial charge in [0, 0.05) is 6.04 Å². The lowest BCUT2D eigenvalue weighted by atomic mass is 10.0. The van der Waals surface area contributed by atoms with Gasteiger partial charge in [-0.25, -0.2) is 0 Å². The van der Waals surface area contributed by atoms with E-state index in [2.05, 4.69) is 15.5 Å². The molecule has 0 aromatic carbocycles. The summed E-state index contributed by atoms with van der Waals surface area (Å²) >= 11 is 5.64. The van der Waals surface area contributed by atoms with Gasteiger partial charge in [0.05, 0.1) is 5.92 Å². The van der Waals surface area contributed by atoms with E-state index in [1.165, 1.54) is 0 Å². The van der Waals surface area contributed by atoms with Crippen LogP contribution in [-0.2, 0) is 4.79 Å². The number of carbonyl (C=O) groups is 1. The first kappa shape index (κ1) is 14.7. The van der Waals surface area contributed by atoms with E-state index in [1.54, 1.807) is 19.1 Å². The summed E-state index contributed by atoms with van der Waals surface area (Å²) in [5.41, 5.74) is 0. The van der Waals surface area contributed by atoms with Crippen LogP contribution in [0, 0.1) is 5.92 Å². The Labute approximate surface area is 112 Å². The molecule has 0 bridgehead atoms. The van der Waals surface area contributed by atoms with Crippen molar-refractivity contribution >= 4 is 23.4 Å². The molecule has 1 heterocycles. The van der Waals surface area contributed by atoms with E-state index in [0.717, 1.165) is 12.8 Å². The van der Waals surface area contributed by atoms with Gasteiger partial charge in [0.15, 0.2) is 5.15 Å². The standard InChI is InChI=1S/C12H18ClN3O2/c1-8(12(17)18)4-3-5-9(2)14-11-7-6-10(13)15-16-11/h6-9H,3-5H2,1-2H3,(H,14,16)(H,17,18). The molecule has 0 saturated carbocycles. The van der Waals surface area contributed by atoms with E-state index in [-0.39, 0.29) is 12.0 Å². The highest BCUT2D eigenvalue weighted by Gasteiger charge is 2.11. The number of nitrogens with zero attached hydrogens (tertiary/aromatic N) is 2. The highest BCUT2D eigenvalue weighted by molar-refractivity contribution is 6.29.